The number of nitrogens with zero attached hydrogens (tertiary/aromatic N) is 1. The van der Waals surface area contributed by atoms with Gasteiger partial charge in [0, 0.05) is 11.4 Å². The van der Waals surface area contributed by atoms with Gasteiger partial charge in [-0.1, -0.05) is 42.2 Å². The number of thiocarbonyl (C=S) groups is 1. The highest BCUT2D eigenvalue weighted by Gasteiger charge is 2.36. The summed E-state index contributed by atoms with van der Waals surface area (Å²) >= 11 is 7.12. The van der Waals surface area contributed by atoms with Crippen LogP contribution in [0.15, 0.2) is 30.3 Å². The van der Waals surface area contributed by atoms with E-state index in [1.54, 1.807) is 11.8 Å². The Bertz CT molecular complexity index is 346. The molecule has 0 aliphatic carbocycles. The molecule has 2 rings (SSSR count). The molecule has 0 unspecified atom stereocenters. The van der Waals surface area contributed by atoms with Gasteiger partial charge in [0.2, 0.25) is 0 Å². The van der Waals surface area contributed by atoms with Crippen molar-refractivity contribution in [3.05, 3.63) is 30.3 Å². The number of thioether (sulfide) groups is 1. The highest BCUT2D eigenvalue weighted by molar-refractivity contribution is 8.23. The molecule has 1 aliphatic rings. The highest BCUT2D eigenvalue weighted by Crippen LogP contribution is 2.36. The number of anilines is 1. The number of hydrogen-bond donors (Lipinski definition) is 0. The molecule has 0 amide bonds. The van der Waals surface area contributed by atoms with Crippen molar-refractivity contribution in [2.24, 2.45) is 0 Å². The van der Waals surface area contributed by atoms with Crippen LogP contribution in [0.1, 0.15) is 13.8 Å². The van der Waals surface area contributed by atoms with Gasteiger partial charge in [-0.15, -0.1) is 0 Å². The fourth-order valence-electron chi connectivity index (χ4n) is 1.65. The van der Waals surface area contributed by atoms with Crippen LogP contribution >= 0.6 is 24.0 Å². The second-order valence-corrected chi connectivity index (χ2v) is 5.65. The van der Waals surface area contributed by atoms with Crippen molar-refractivity contribution in [1.29, 1.82) is 0 Å². The lowest BCUT2D eigenvalue weighted by Crippen LogP contribution is -2.41. The molecule has 14 heavy (non-hydrogen) atoms. The lowest BCUT2D eigenvalue weighted by atomic mass is 10.1. The van der Waals surface area contributed by atoms with Crippen molar-refractivity contribution < 1.29 is 0 Å². The Hall–Kier alpha value is -0.540. The van der Waals surface area contributed by atoms with Gasteiger partial charge in [0.25, 0.3) is 0 Å². The van der Waals surface area contributed by atoms with Crippen molar-refractivity contribution in [3.63, 3.8) is 0 Å². The summed E-state index contributed by atoms with van der Waals surface area (Å²) in [5, 5.41) is 0. The quantitative estimate of drug-likeness (QED) is 0.673. The minimum absolute atomic E-state index is 0.142. The molecule has 3 heteroatoms. The molecule has 1 aliphatic heterocycles. The van der Waals surface area contributed by atoms with Crippen molar-refractivity contribution in [2.75, 3.05) is 10.7 Å². The predicted molar refractivity (Wildman–Crippen MR) is 68.1 cm³/mol. The van der Waals surface area contributed by atoms with Crippen LogP contribution in [0.3, 0.4) is 0 Å². The SMILES string of the molecule is CC1(C)CSC(=S)N1c1ccccc1. The second kappa shape index (κ2) is 3.55. The van der Waals surface area contributed by atoms with Crippen molar-refractivity contribution >= 4 is 34.0 Å². The summed E-state index contributed by atoms with van der Waals surface area (Å²) in [5.41, 5.74) is 1.34. The van der Waals surface area contributed by atoms with E-state index < -0.39 is 0 Å². The van der Waals surface area contributed by atoms with Crippen molar-refractivity contribution in [3.8, 4) is 0 Å². The first-order valence-electron chi connectivity index (χ1n) is 4.63. The maximum Gasteiger partial charge on any atom is 0.141 e. The molecule has 74 valence electrons. The molecule has 0 saturated carbocycles. The molecule has 0 aromatic heterocycles. The first kappa shape index (κ1) is 9.99. The van der Waals surface area contributed by atoms with Crippen LogP contribution in [-0.2, 0) is 0 Å². The molecule has 1 heterocycles. The highest BCUT2D eigenvalue weighted by atomic mass is 32.2. The van der Waals surface area contributed by atoms with E-state index in [0.717, 1.165) is 10.1 Å². The minimum Gasteiger partial charge on any atom is -0.321 e. The number of hydrogen-bond acceptors (Lipinski definition) is 2. The zero-order chi connectivity index (χ0) is 10.2. The Labute approximate surface area is 94.5 Å². The lowest BCUT2D eigenvalue weighted by Gasteiger charge is -2.32. The van der Waals surface area contributed by atoms with E-state index in [9.17, 15) is 0 Å². The van der Waals surface area contributed by atoms with Gasteiger partial charge in [0.15, 0.2) is 0 Å². The second-order valence-electron chi connectivity index (χ2n) is 4.04. The maximum absolute atomic E-state index is 5.36. The molecule has 0 N–H and O–H groups in total. The Balaban J connectivity index is 2.38. The van der Waals surface area contributed by atoms with E-state index in [4.69, 9.17) is 12.2 Å². The summed E-state index contributed by atoms with van der Waals surface area (Å²) in [6, 6.07) is 10.4. The van der Waals surface area contributed by atoms with Gasteiger partial charge in [-0.2, -0.15) is 0 Å². The van der Waals surface area contributed by atoms with Crippen LogP contribution in [0, 0.1) is 0 Å². The lowest BCUT2D eigenvalue weighted by molar-refractivity contribution is 0.598. The smallest absolute Gasteiger partial charge is 0.141 e. The molecule has 1 aromatic rings. The summed E-state index contributed by atoms with van der Waals surface area (Å²) in [6.45, 7) is 4.46. The van der Waals surface area contributed by atoms with Gasteiger partial charge in [-0.05, 0) is 26.0 Å². The zero-order valence-electron chi connectivity index (χ0n) is 8.36. The number of benzene rings is 1. The van der Waals surface area contributed by atoms with Crippen LogP contribution in [0.25, 0.3) is 0 Å². The first-order valence-corrected chi connectivity index (χ1v) is 6.03. The van der Waals surface area contributed by atoms with Gasteiger partial charge in [-0.3, -0.25) is 0 Å². The molecular weight excluding hydrogens is 210 g/mol. The third-order valence-corrected chi connectivity index (χ3v) is 4.17. The van der Waals surface area contributed by atoms with Crippen LogP contribution in [0.4, 0.5) is 5.69 Å². The van der Waals surface area contributed by atoms with E-state index in [0.29, 0.717) is 0 Å². The standard InChI is InChI=1S/C11H13NS2/c1-11(2)8-14-10(13)12(11)9-6-4-3-5-7-9/h3-7H,8H2,1-2H3. The van der Waals surface area contributed by atoms with E-state index >= 15 is 0 Å². The van der Waals surface area contributed by atoms with Crippen LogP contribution < -0.4 is 4.90 Å². The summed E-state index contributed by atoms with van der Waals surface area (Å²) in [5.74, 6) is 1.07. The molecule has 1 nitrogen and oxygen atoms in total. The van der Waals surface area contributed by atoms with E-state index in [-0.39, 0.29) is 5.54 Å². The third-order valence-electron chi connectivity index (χ3n) is 2.35. The predicted octanol–water partition coefficient (Wildman–Crippen LogP) is 3.30. The fourth-order valence-corrected chi connectivity index (χ4v) is 3.26. The fraction of sp³-hybridized carbons (Fsp3) is 0.364. The van der Waals surface area contributed by atoms with Gasteiger partial charge in [-0.25, -0.2) is 0 Å². The summed E-state index contributed by atoms with van der Waals surface area (Å²) < 4.78 is 0.987. The van der Waals surface area contributed by atoms with Crippen LogP contribution in [-0.4, -0.2) is 15.6 Å². The van der Waals surface area contributed by atoms with E-state index in [1.165, 1.54) is 5.69 Å². The monoisotopic (exact) mass is 223 g/mol. The van der Waals surface area contributed by atoms with Gasteiger partial charge >= 0.3 is 0 Å². The van der Waals surface area contributed by atoms with E-state index in [1.807, 2.05) is 6.07 Å². The zero-order valence-corrected chi connectivity index (χ0v) is 9.99. The summed E-state index contributed by atoms with van der Waals surface area (Å²) in [6.07, 6.45) is 0. The normalized spacial score (nSPS) is 20.1. The molecule has 0 spiro atoms. The molecule has 0 atom stereocenters. The molecule has 0 radical (unpaired) electrons. The van der Waals surface area contributed by atoms with Gasteiger partial charge in [0.1, 0.15) is 4.32 Å². The summed E-state index contributed by atoms with van der Waals surface area (Å²) in [7, 11) is 0. The largest absolute Gasteiger partial charge is 0.321 e. The molecule has 0 bridgehead atoms. The van der Waals surface area contributed by atoms with Crippen LogP contribution in [0.2, 0.25) is 0 Å². The maximum atomic E-state index is 5.36. The number of para-hydroxylation sites is 1. The summed E-state index contributed by atoms with van der Waals surface area (Å²) in [4.78, 5) is 2.24. The van der Waals surface area contributed by atoms with E-state index in [2.05, 4.69) is 43.0 Å². The first-order chi connectivity index (χ1) is 6.61. The Kier molecular flexibility index (Phi) is 2.54. The van der Waals surface area contributed by atoms with Crippen molar-refractivity contribution in [1.82, 2.24) is 0 Å². The molecule has 1 fully saturated rings. The Morgan fingerprint density at radius 3 is 2.43 bits per heavy atom. The Morgan fingerprint density at radius 1 is 1.29 bits per heavy atom. The number of rotatable bonds is 1. The topological polar surface area (TPSA) is 3.24 Å². The Morgan fingerprint density at radius 2 is 1.93 bits per heavy atom. The average molecular weight is 223 g/mol. The van der Waals surface area contributed by atoms with Gasteiger partial charge in [0.05, 0.1) is 5.54 Å². The van der Waals surface area contributed by atoms with Crippen molar-refractivity contribution in [2.45, 2.75) is 19.4 Å². The van der Waals surface area contributed by atoms with Gasteiger partial charge < -0.3 is 4.90 Å². The minimum atomic E-state index is 0.142. The molecule has 1 saturated heterocycles. The average Bonchev–Trinajstić information content (AvgIpc) is 2.42. The van der Waals surface area contributed by atoms with Crippen LogP contribution in [0.5, 0.6) is 0 Å². The third kappa shape index (κ3) is 1.66. The molecule has 1 aromatic carbocycles. The molecular formula is C11H13NS2.